The number of hydrogen-bond acceptors (Lipinski definition) is 2. The summed E-state index contributed by atoms with van der Waals surface area (Å²) in [7, 11) is 0. The molecule has 0 aliphatic heterocycles. The van der Waals surface area contributed by atoms with Gasteiger partial charge in [-0.1, -0.05) is 35.3 Å². The van der Waals surface area contributed by atoms with Gasteiger partial charge in [0.1, 0.15) is 5.82 Å². The van der Waals surface area contributed by atoms with Crippen molar-refractivity contribution in [3.05, 3.63) is 70.0 Å². The Kier molecular flexibility index (Phi) is 5.53. The third kappa shape index (κ3) is 4.30. The number of aryl methyl sites for hydroxylation is 1. The highest BCUT2D eigenvalue weighted by Crippen LogP contribution is 2.41. The van der Waals surface area contributed by atoms with Gasteiger partial charge in [-0.2, -0.15) is 13.2 Å². The Bertz CT molecular complexity index is 932. The van der Waals surface area contributed by atoms with Gasteiger partial charge in [0.15, 0.2) is 0 Å². The molecule has 1 aliphatic carbocycles. The maximum absolute atomic E-state index is 14.2. The van der Waals surface area contributed by atoms with Gasteiger partial charge in [0.2, 0.25) is 0 Å². The number of hydrogen-bond donors (Lipinski definition) is 0. The first kappa shape index (κ1) is 19.8. The van der Waals surface area contributed by atoms with E-state index in [9.17, 15) is 26.3 Å². The summed E-state index contributed by atoms with van der Waals surface area (Å²) in [4.78, 5) is 0. The molecule has 2 aromatic carbocycles. The highest BCUT2D eigenvalue weighted by Gasteiger charge is 2.32. The largest absolute Gasteiger partial charge is 0.772 e. The van der Waals surface area contributed by atoms with Crippen molar-refractivity contribution in [2.24, 2.45) is 0 Å². The van der Waals surface area contributed by atoms with E-state index in [1.807, 2.05) is 0 Å². The average Bonchev–Trinajstić information content (AvgIpc) is 3.04. The van der Waals surface area contributed by atoms with Crippen molar-refractivity contribution in [1.29, 1.82) is 0 Å². The van der Waals surface area contributed by atoms with Gasteiger partial charge in [0.25, 0.3) is 0 Å². The Morgan fingerprint density at radius 1 is 1.04 bits per heavy atom. The van der Waals surface area contributed by atoms with Crippen LogP contribution in [0.1, 0.15) is 47.1 Å². The van der Waals surface area contributed by atoms with Crippen molar-refractivity contribution >= 4 is 22.2 Å². The monoisotopic (exact) mass is 397 g/mol. The zero-order valence-electron chi connectivity index (χ0n) is 14.5. The fourth-order valence-corrected chi connectivity index (χ4v) is 4.02. The molecule has 27 heavy (non-hydrogen) atoms. The molecule has 0 heterocycles. The topological polar surface area (TPSA) is 40.1 Å². The van der Waals surface area contributed by atoms with Crippen LogP contribution in [0.4, 0.5) is 17.6 Å². The minimum Gasteiger partial charge on any atom is -0.772 e. The fourth-order valence-electron chi connectivity index (χ4n) is 3.53. The van der Waals surface area contributed by atoms with Gasteiger partial charge in [0, 0.05) is 5.75 Å². The molecule has 7 heteroatoms. The van der Waals surface area contributed by atoms with E-state index in [-0.39, 0.29) is 11.1 Å². The van der Waals surface area contributed by atoms with Gasteiger partial charge in [-0.15, -0.1) is 0 Å². The molecule has 2 aromatic rings. The molecule has 0 saturated carbocycles. The zero-order chi connectivity index (χ0) is 19.8. The van der Waals surface area contributed by atoms with Crippen LogP contribution in [0.3, 0.4) is 0 Å². The van der Waals surface area contributed by atoms with Crippen LogP contribution >= 0.6 is 0 Å². The van der Waals surface area contributed by atoms with E-state index in [1.54, 1.807) is 6.07 Å². The summed E-state index contributed by atoms with van der Waals surface area (Å²) in [6, 6.07) is 8.49. The van der Waals surface area contributed by atoms with Gasteiger partial charge in [-0.25, -0.2) is 4.39 Å². The molecule has 0 amide bonds. The average molecular weight is 397 g/mol. The molecule has 0 bridgehead atoms. The lowest BCUT2D eigenvalue weighted by atomic mass is 9.94. The van der Waals surface area contributed by atoms with Crippen molar-refractivity contribution in [1.82, 2.24) is 0 Å². The lowest BCUT2D eigenvalue weighted by Gasteiger charge is -2.14. The summed E-state index contributed by atoms with van der Waals surface area (Å²) in [5.41, 5.74) is 2.73. The number of benzene rings is 2. The molecule has 3 rings (SSSR count). The first-order valence-electron chi connectivity index (χ1n) is 8.41. The van der Waals surface area contributed by atoms with Crippen molar-refractivity contribution in [3.8, 4) is 0 Å². The fraction of sp³-hybridized carbons (Fsp3) is 0.300. The van der Waals surface area contributed by atoms with E-state index >= 15 is 0 Å². The Balaban J connectivity index is 2.00. The first-order valence-corrected chi connectivity index (χ1v) is 9.66. The second-order valence-corrected chi connectivity index (χ2v) is 7.49. The quantitative estimate of drug-likeness (QED) is 0.496. The second kappa shape index (κ2) is 7.56. The first-order chi connectivity index (χ1) is 12.7. The predicted molar refractivity (Wildman–Crippen MR) is 95.9 cm³/mol. The summed E-state index contributed by atoms with van der Waals surface area (Å²) in [6.07, 6.45) is -2.16. The lowest BCUT2D eigenvalue weighted by Crippen LogP contribution is -2.07. The van der Waals surface area contributed by atoms with Crippen molar-refractivity contribution < 1.29 is 26.3 Å². The van der Waals surface area contributed by atoms with E-state index in [4.69, 9.17) is 0 Å². The summed E-state index contributed by atoms with van der Waals surface area (Å²) in [5.74, 6) is -0.991. The Labute approximate surface area is 157 Å². The Hall–Kier alpha value is -1.99. The van der Waals surface area contributed by atoms with Gasteiger partial charge >= 0.3 is 6.18 Å². The summed E-state index contributed by atoms with van der Waals surface area (Å²) in [5, 5.41) is 0. The molecule has 0 aromatic heterocycles. The Morgan fingerprint density at radius 3 is 2.15 bits per heavy atom. The molecule has 1 atom stereocenters. The third-order valence-electron chi connectivity index (χ3n) is 4.77. The minimum atomic E-state index is -4.39. The third-order valence-corrected chi connectivity index (χ3v) is 5.32. The van der Waals surface area contributed by atoms with E-state index in [1.165, 1.54) is 31.2 Å². The molecular formula is C20H17F4O2S-. The summed E-state index contributed by atoms with van der Waals surface area (Å²) in [6.45, 7) is 1.43. The molecule has 1 unspecified atom stereocenters. The van der Waals surface area contributed by atoms with E-state index in [0.717, 1.165) is 23.6 Å². The van der Waals surface area contributed by atoms with E-state index < -0.39 is 34.4 Å². The molecule has 144 valence electrons. The van der Waals surface area contributed by atoms with Crippen LogP contribution < -0.4 is 0 Å². The van der Waals surface area contributed by atoms with Crippen LogP contribution in [0.15, 0.2) is 36.4 Å². The highest BCUT2D eigenvalue weighted by atomic mass is 32.2. The molecule has 0 N–H and O–H groups in total. The maximum atomic E-state index is 14.2. The molecule has 0 fully saturated rings. The van der Waals surface area contributed by atoms with Crippen LogP contribution in [0.5, 0.6) is 0 Å². The minimum absolute atomic E-state index is 0.0950. The number of rotatable bonds is 4. The molecule has 0 saturated heterocycles. The van der Waals surface area contributed by atoms with Gasteiger partial charge < -0.3 is 4.55 Å². The van der Waals surface area contributed by atoms with Gasteiger partial charge in [0.05, 0.1) is 5.56 Å². The smallest absolute Gasteiger partial charge is 0.416 e. The molecule has 0 radical (unpaired) electrons. The van der Waals surface area contributed by atoms with Crippen LogP contribution in [0.2, 0.25) is 0 Å². The van der Waals surface area contributed by atoms with Crippen LogP contribution in [0.25, 0.3) is 11.1 Å². The summed E-state index contributed by atoms with van der Waals surface area (Å²) >= 11 is -2.38. The molecular weight excluding hydrogens is 380 g/mol. The van der Waals surface area contributed by atoms with Crippen LogP contribution in [-0.4, -0.2) is 8.76 Å². The standard InChI is InChI=1S/C20H18F4O2S/c1-12-9-13(7-8-18(12)20(22,23)24)16-3-2-4-17(16)14-5-6-15(11-27(25)26)19(21)10-14/h5-10H,2-4,11H2,1H3,(H,25,26)/p-1. The Morgan fingerprint density at radius 2 is 1.63 bits per heavy atom. The lowest BCUT2D eigenvalue weighted by molar-refractivity contribution is -0.138. The van der Waals surface area contributed by atoms with Gasteiger partial charge in [-0.3, -0.25) is 4.21 Å². The van der Waals surface area contributed by atoms with E-state index in [2.05, 4.69) is 0 Å². The number of alkyl halides is 3. The second-order valence-electron chi connectivity index (χ2n) is 6.59. The maximum Gasteiger partial charge on any atom is 0.416 e. The van der Waals surface area contributed by atoms with Crippen molar-refractivity contribution in [2.75, 3.05) is 0 Å². The molecule has 1 aliphatic rings. The van der Waals surface area contributed by atoms with Crippen molar-refractivity contribution in [3.63, 3.8) is 0 Å². The highest BCUT2D eigenvalue weighted by molar-refractivity contribution is 7.78. The zero-order valence-corrected chi connectivity index (χ0v) is 15.3. The van der Waals surface area contributed by atoms with Crippen molar-refractivity contribution in [2.45, 2.75) is 38.1 Å². The number of halogens is 4. The van der Waals surface area contributed by atoms with Crippen LogP contribution in [0, 0.1) is 12.7 Å². The van der Waals surface area contributed by atoms with E-state index in [0.29, 0.717) is 24.0 Å². The number of allylic oxidation sites excluding steroid dienone is 2. The van der Waals surface area contributed by atoms with Gasteiger partial charge in [-0.05, 0) is 71.7 Å². The molecule has 0 spiro atoms. The SMILES string of the molecule is Cc1cc(C2=C(c3ccc(CS(=O)[O-])c(F)c3)CCC2)ccc1C(F)(F)F. The summed E-state index contributed by atoms with van der Waals surface area (Å²) < 4.78 is 74.7. The van der Waals surface area contributed by atoms with Crippen LogP contribution in [-0.2, 0) is 23.0 Å². The predicted octanol–water partition coefficient (Wildman–Crippen LogP) is 5.63. The molecule has 2 nitrogen and oxygen atoms in total. The normalized spacial score (nSPS) is 16.1.